The van der Waals surface area contributed by atoms with Crippen LogP contribution in [-0.4, -0.2) is 26.0 Å². The van der Waals surface area contributed by atoms with Crippen LogP contribution in [-0.2, 0) is 0 Å². The number of thiophene rings is 1. The monoisotopic (exact) mass is 278 g/mol. The fourth-order valence-corrected chi connectivity index (χ4v) is 2.95. The molecule has 2 amide bonds. The molecule has 0 spiro atoms. The molecule has 1 aromatic heterocycles. The van der Waals surface area contributed by atoms with Crippen LogP contribution in [0.5, 0.6) is 5.75 Å². The van der Waals surface area contributed by atoms with Crippen molar-refractivity contribution in [3.05, 3.63) is 23.8 Å². The van der Waals surface area contributed by atoms with Crippen molar-refractivity contribution in [1.29, 1.82) is 0 Å². The summed E-state index contributed by atoms with van der Waals surface area (Å²) >= 11 is 1.33. The summed E-state index contributed by atoms with van der Waals surface area (Å²) in [5, 5.41) is 6.62. The molecule has 0 saturated carbocycles. The molecule has 100 valence electrons. The van der Waals surface area contributed by atoms with Crippen LogP contribution < -0.4 is 15.4 Å². The van der Waals surface area contributed by atoms with Gasteiger partial charge in [-0.15, -0.1) is 11.3 Å². The highest BCUT2D eigenvalue weighted by Gasteiger charge is 2.16. The Hall–Kier alpha value is -2.08. The first kappa shape index (κ1) is 13.4. The van der Waals surface area contributed by atoms with Gasteiger partial charge in [0.1, 0.15) is 10.8 Å². The minimum Gasteiger partial charge on any atom is -0.495 e. The van der Waals surface area contributed by atoms with E-state index in [0.29, 0.717) is 22.9 Å². The Kier molecular flexibility index (Phi) is 4.01. The van der Waals surface area contributed by atoms with E-state index in [4.69, 9.17) is 4.74 Å². The van der Waals surface area contributed by atoms with Crippen LogP contribution in [0.4, 0.5) is 9.80 Å². The predicted octanol–water partition coefficient (Wildman–Crippen LogP) is 2.86. The van der Waals surface area contributed by atoms with Crippen molar-refractivity contribution < 1.29 is 14.3 Å². The summed E-state index contributed by atoms with van der Waals surface area (Å²) in [5.41, 5.74) is 0.477. The van der Waals surface area contributed by atoms with Crippen molar-refractivity contribution in [3.8, 4) is 5.75 Å². The highest BCUT2D eigenvalue weighted by molar-refractivity contribution is 7.23. The molecule has 2 aromatic rings. The van der Waals surface area contributed by atoms with Gasteiger partial charge in [-0.1, -0.05) is 12.1 Å². The number of anilines is 1. The first-order valence-corrected chi connectivity index (χ1v) is 6.62. The lowest BCUT2D eigenvalue weighted by atomic mass is 10.2. The molecule has 0 saturated heterocycles. The predicted molar refractivity (Wildman–Crippen MR) is 76.5 cm³/mol. The van der Waals surface area contributed by atoms with Crippen LogP contribution in [0, 0.1) is 0 Å². The average molecular weight is 278 g/mol. The molecule has 0 fully saturated rings. The topological polar surface area (TPSA) is 67.4 Å². The molecule has 19 heavy (non-hydrogen) atoms. The van der Waals surface area contributed by atoms with E-state index in [1.165, 1.54) is 11.3 Å². The van der Waals surface area contributed by atoms with Gasteiger partial charge in [-0.05, 0) is 13.0 Å². The molecule has 0 aliphatic rings. The Balaban J connectivity index is 2.49. The van der Waals surface area contributed by atoms with Gasteiger partial charge in [-0.25, -0.2) is 4.79 Å². The molecule has 1 heterocycles. The standard InChI is InChI=1S/C13H14N2O3S/c1-3-14-13(17)15-12-9(7-16)8-5-4-6-10(18-2)11(8)19-12/h4-7H,3H2,1-2H3,(H2,14,15,17). The Labute approximate surface area is 114 Å². The summed E-state index contributed by atoms with van der Waals surface area (Å²) in [5.74, 6) is 0.689. The number of methoxy groups -OCH3 is 1. The third-order valence-electron chi connectivity index (χ3n) is 2.62. The molecular weight excluding hydrogens is 264 g/mol. The molecule has 0 aliphatic heterocycles. The Morgan fingerprint density at radius 1 is 1.47 bits per heavy atom. The summed E-state index contributed by atoms with van der Waals surface area (Å²) in [6.45, 7) is 2.35. The number of hydrogen-bond donors (Lipinski definition) is 2. The van der Waals surface area contributed by atoms with Gasteiger partial charge in [0.05, 0.1) is 17.4 Å². The van der Waals surface area contributed by atoms with Crippen LogP contribution in [0.25, 0.3) is 10.1 Å². The summed E-state index contributed by atoms with van der Waals surface area (Å²) in [6.07, 6.45) is 0.750. The van der Waals surface area contributed by atoms with E-state index in [0.717, 1.165) is 16.4 Å². The quantitative estimate of drug-likeness (QED) is 0.845. The molecule has 0 bridgehead atoms. The first-order valence-electron chi connectivity index (χ1n) is 5.80. The molecule has 0 atom stereocenters. The van der Waals surface area contributed by atoms with Gasteiger partial charge in [-0.2, -0.15) is 0 Å². The fourth-order valence-electron chi connectivity index (χ4n) is 1.79. The van der Waals surface area contributed by atoms with Crippen molar-refractivity contribution in [2.24, 2.45) is 0 Å². The minimum atomic E-state index is -0.323. The summed E-state index contributed by atoms with van der Waals surface area (Å²) in [7, 11) is 1.58. The third kappa shape index (κ3) is 2.53. The van der Waals surface area contributed by atoms with E-state index in [1.807, 2.05) is 25.1 Å². The van der Waals surface area contributed by atoms with Gasteiger partial charge in [0, 0.05) is 11.9 Å². The lowest BCUT2D eigenvalue weighted by Gasteiger charge is -2.03. The second-order valence-corrected chi connectivity index (χ2v) is 4.80. The van der Waals surface area contributed by atoms with E-state index in [2.05, 4.69) is 10.6 Å². The van der Waals surface area contributed by atoms with Crippen LogP contribution in [0.3, 0.4) is 0 Å². The second-order valence-electron chi connectivity index (χ2n) is 3.78. The minimum absolute atomic E-state index is 0.323. The second kappa shape index (κ2) is 5.71. The van der Waals surface area contributed by atoms with Gasteiger partial charge < -0.3 is 10.1 Å². The molecule has 0 unspecified atom stereocenters. The zero-order valence-corrected chi connectivity index (χ0v) is 11.5. The lowest BCUT2D eigenvalue weighted by molar-refractivity contribution is 0.112. The normalized spacial score (nSPS) is 10.2. The molecule has 0 aliphatic carbocycles. The first-order chi connectivity index (χ1) is 9.21. The number of benzene rings is 1. The summed E-state index contributed by atoms with van der Waals surface area (Å²) < 4.78 is 6.11. The van der Waals surface area contributed by atoms with E-state index < -0.39 is 0 Å². The van der Waals surface area contributed by atoms with Crippen molar-refractivity contribution in [2.45, 2.75) is 6.92 Å². The van der Waals surface area contributed by atoms with Gasteiger partial charge in [-0.3, -0.25) is 10.1 Å². The summed E-state index contributed by atoms with van der Waals surface area (Å²) in [6, 6.07) is 5.15. The number of aldehydes is 1. The Bertz CT molecular complexity index is 622. The van der Waals surface area contributed by atoms with E-state index in [1.54, 1.807) is 7.11 Å². The highest BCUT2D eigenvalue weighted by Crippen LogP contribution is 2.39. The Morgan fingerprint density at radius 3 is 2.89 bits per heavy atom. The zero-order chi connectivity index (χ0) is 13.8. The van der Waals surface area contributed by atoms with Gasteiger partial charge in [0.2, 0.25) is 0 Å². The fraction of sp³-hybridized carbons (Fsp3) is 0.231. The molecular formula is C13H14N2O3S. The van der Waals surface area contributed by atoms with Crippen molar-refractivity contribution in [3.63, 3.8) is 0 Å². The lowest BCUT2D eigenvalue weighted by Crippen LogP contribution is -2.28. The van der Waals surface area contributed by atoms with E-state index >= 15 is 0 Å². The van der Waals surface area contributed by atoms with Crippen molar-refractivity contribution in [1.82, 2.24) is 5.32 Å². The zero-order valence-electron chi connectivity index (χ0n) is 10.6. The molecule has 6 heteroatoms. The molecule has 5 nitrogen and oxygen atoms in total. The third-order valence-corrected chi connectivity index (χ3v) is 3.77. The number of carbonyl (C=O) groups is 2. The molecule has 1 aromatic carbocycles. The number of amides is 2. The SMILES string of the molecule is CCNC(=O)Nc1sc2c(OC)cccc2c1C=O. The van der Waals surface area contributed by atoms with Crippen molar-refractivity contribution in [2.75, 3.05) is 19.0 Å². The van der Waals surface area contributed by atoms with Gasteiger partial charge >= 0.3 is 6.03 Å². The number of fused-ring (bicyclic) bond motifs is 1. The smallest absolute Gasteiger partial charge is 0.319 e. The van der Waals surface area contributed by atoms with E-state index in [9.17, 15) is 9.59 Å². The van der Waals surface area contributed by atoms with E-state index in [-0.39, 0.29) is 6.03 Å². The van der Waals surface area contributed by atoms with Crippen molar-refractivity contribution >= 4 is 38.7 Å². The Morgan fingerprint density at radius 2 is 2.26 bits per heavy atom. The van der Waals surface area contributed by atoms with Crippen LogP contribution >= 0.6 is 11.3 Å². The van der Waals surface area contributed by atoms with Crippen LogP contribution in [0.15, 0.2) is 18.2 Å². The number of carbonyl (C=O) groups excluding carboxylic acids is 2. The van der Waals surface area contributed by atoms with Crippen LogP contribution in [0.1, 0.15) is 17.3 Å². The number of urea groups is 1. The number of hydrogen-bond acceptors (Lipinski definition) is 4. The molecule has 2 N–H and O–H groups in total. The maximum atomic E-state index is 11.5. The number of ether oxygens (including phenoxy) is 1. The molecule has 2 rings (SSSR count). The number of nitrogens with one attached hydrogen (secondary N) is 2. The number of rotatable bonds is 4. The van der Waals surface area contributed by atoms with Gasteiger partial charge in [0.15, 0.2) is 6.29 Å². The summed E-state index contributed by atoms with van der Waals surface area (Å²) in [4.78, 5) is 22.8. The maximum absolute atomic E-state index is 11.5. The average Bonchev–Trinajstić information content (AvgIpc) is 2.75. The van der Waals surface area contributed by atoms with Crippen LogP contribution in [0.2, 0.25) is 0 Å². The highest BCUT2D eigenvalue weighted by atomic mass is 32.1. The maximum Gasteiger partial charge on any atom is 0.319 e. The van der Waals surface area contributed by atoms with Gasteiger partial charge in [0.25, 0.3) is 0 Å². The molecule has 0 radical (unpaired) electrons. The largest absolute Gasteiger partial charge is 0.495 e.